The minimum absolute atomic E-state index is 0.371. The lowest BCUT2D eigenvalue weighted by Gasteiger charge is -2.07. The zero-order chi connectivity index (χ0) is 10.6. The van der Waals surface area contributed by atoms with Crippen LogP contribution in [-0.4, -0.2) is 20.2 Å². The molecule has 0 N–H and O–H groups in total. The summed E-state index contributed by atoms with van der Waals surface area (Å²) < 4.78 is 9.74. The highest BCUT2D eigenvalue weighted by Crippen LogP contribution is 2.21. The highest BCUT2D eigenvalue weighted by atomic mass is 16.5. The molecule has 0 aliphatic carbocycles. The van der Waals surface area contributed by atoms with Crippen LogP contribution in [0.2, 0.25) is 0 Å². The molecular formula is C11H14O3. The standard InChI is InChI=1S/C11H14O3/c1-4-8-5-6-9(11(12)14-3)10(7-8)13-2/h5-7H,4H2,1-3H3. The summed E-state index contributed by atoms with van der Waals surface area (Å²) in [5.41, 5.74) is 1.60. The number of rotatable bonds is 3. The van der Waals surface area contributed by atoms with Crippen molar-refractivity contribution in [2.75, 3.05) is 14.2 Å². The van der Waals surface area contributed by atoms with Crippen LogP contribution in [0, 0.1) is 0 Å². The van der Waals surface area contributed by atoms with E-state index in [1.165, 1.54) is 7.11 Å². The predicted molar refractivity (Wildman–Crippen MR) is 53.7 cm³/mol. The molecule has 0 aliphatic heterocycles. The van der Waals surface area contributed by atoms with Gasteiger partial charge in [0.05, 0.1) is 14.2 Å². The summed E-state index contributed by atoms with van der Waals surface area (Å²) in [5, 5.41) is 0. The van der Waals surface area contributed by atoms with E-state index in [4.69, 9.17) is 4.74 Å². The molecule has 0 unspecified atom stereocenters. The Balaban J connectivity index is 3.11. The van der Waals surface area contributed by atoms with Gasteiger partial charge in [-0.2, -0.15) is 0 Å². The second-order valence-electron chi connectivity index (χ2n) is 2.88. The maximum absolute atomic E-state index is 11.3. The van der Waals surface area contributed by atoms with Crippen LogP contribution in [0.15, 0.2) is 18.2 Å². The largest absolute Gasteiger partial charge is 0.496 e. The van der Waals surface area contributed by atoms with Gasteiger partial charge in [-0.25, -0.2) is 4.79 Å². The molecule has 3 nitrogen and oxygen atoms in total. The molecule has 0 fully saturated rings. The second-order valence-corrected chi connectivity index (χ2v) is 2.88. The first kappa shape index (κ1) is 10.6. The van der Waals surface area contributed by atoms with Gasteiger partial charge in [-0.3, -0.25) is 0 Å². The summed E-state index contributed by atoms with van der Waals surface area (Å²) in [6.45, 7) is 2.05. The van der Waals surface area contributed by atoms with Crippen molar-refractivity contribution in [2.24, 2.45) is 0 Å². The molecule has 1 rings (SSSR count). The van der Waals surface area contributed by atoms with E-state index in [-0.39, 0.29) is 5.97 Å². The van der Waals surface area contributed by atoms with Crippen LogP contribution >= 0.6 is 0 Å². The Morgan fingerprint density at radius 1 is 1.36 bits per heavy atom. The summed E-state index contributed by atoms with van der Waals surface area (Å²) >= 11 is 0. The molecule has 1 aromatic rings. The maximum atomic E-state index is 11.3. The number of benzene rings is 1. The molecule has 0 bridgehead atoms. The van der Waals surface area contributed by atoms with E-state index < -0.39 is 0 Å². The van der Waals surface area contributed by atoms with Crippen molar-refractivity contribution in [3.05, 3.63) is 29.3 Å². The van der Waals surface area contributed by atoms with Gasteiger partial charge in [-0.1, -0.05) is 13.0 Å². The van der Waals surface area contributed by atoms with Crippen LogP contribution in [0.1, 0.15) is 22.8 Å². The summed E-state index contributed by atoms with van der Waals surface area (Å²) in [7, 11) is 2.90. The number of hydrogen-bond donors (Lipinski definition) is 0. The number of carbonyl (C=O) groups excluding carboxylic acids is 1. The summed E-state index contributed by atoms with van der Waals surface area (Å²) in [6, 6.07) is 5.48. The quantitative estimate of drug-likeness (QED) is 0.691. The Hall–Kier alpha value is -1.51. The third-order valence-electron chi connectivity index (χ3n) is 2.08. The Morgan fingerprint density at radius 2 is 2.07 bits per heavy atom. The van der Waals surface area contributed by atoms with Crippen LogP contribution in [0.4, 0.5) is 0 Å². The Kier molecular flexibility index (Phi) is 3.51. The molecule has 0 amide bonds. The normalized spacial score (nSPS) is 9.64. The topological polar surface area (TPSA) is 35.5 Å². The van der Waals surface area contributed by atoms with Crippen molar-refractivity contribution in [3.8, 4) is 5.75 Å². The van der Waals surface area contributed by atoms with E-state index in [9.17, 15) is 4.79 Å². The summed E-state index contributed by atoms with van der Waals surface area (Å²) in [6.07, 6.45) is 0.914. The molecule has 0 heterocycles. The van der Waals surface area contributed by atoms with Crippen molar-refractivity contribution in [1.82, 2.24) is 0 Å². The molecule has 1 aromatic carbocycles. The van der Waals surface area contributed by atoms with Gasteiger partial charge in [-0.15, -0.1) is 0 Å². The lowest BCUT2D eigenvalue weighted by molar-refractivity contribution is 0.0597. The van der Waals surface area contributed by atoms with Crippen molar-refractivity contribution < 1.29 is 14.3 Å². The highest BCUT2D eigenvalue weighted by Gasteiger charge is 2.12. The number of esters is 1. The fraction of sp³-hybridized carbons (Fsp3) is 0.364. The van der Waals surface area contributed by atoms with Gasteiger partial charge in [0.15, 0.2) is 0 Å². The van der Waals surface area contributed by atoms with E-state index in [1.807, 2.05) is 19.1 Å². The molecule has 76 valence electrons. The van der Waals surface area contributed by atoms with Crippen LogP contribution < -0.4 is 4.74 Å². The molecular weight excluding hydrogens is 180 g/mol. The number of methoxy groups -OCH3 is 2. The Bertz CT molecular complexity index is 331. The van der Waals surface area contributed by atoms with Crippen LogP contribution in [0.25, 0.3) is 0 Å². The summed E-state index contributed by atoms with van der Waals surface area (Å²) in [5.74, 6) is 0.195. The highest BCUT2D eigenvalue weighted by molar-refractivity contribution is 5.92. The van der Waals surface area contributed by atoms with Gasteiger partial charge >= 0.3 is 5.97 Å². The average Bonchev–Trinajstić information content (AvgIpc) is 2.27. The van der Waals surface area contributed by atoms with E-state index in [0.717, 1.165) is 12.0 Å². The molecule has 0 aromatic heterocycles. The molecule has 0 atom stereocenters. The fourth-order valence-corrected chi connectivity index (χ4v) is 1.23. The molecule has 0 saturated carbocycles. The predicted octanol–water partition coefficient (Wildman–Crippen LogP) is 2.04. The van der Waals surface area contributed by atoms with Crippen molar-refractivity contribution >= 4 is 5.97 Å². The monoisotopic (exact) mass is 194 g/mol. The van der Waals surface area contributed by atoms with Crippen LogP contribution in [0.3, 0.4) is 0 Å². The fourth-order valence-electron chi connectivity index (χ4n) is 1.23. The van der Waals surface area contributed by atoms with E-state index in [0.29, 0.717) is 11.3 Å². The molecule has 0 spiro atoms. The SMILES string of the molecule is CCc1ccc(C(=O)OC)c(OC)c1. The lowest BCUT2D eigenvalue weighted by atomic mass is 10.1. The van der Waals surface area contributed by atoms with Gasteiger partial charge < -0.3 is 9.47 Å². The van der Waals surface area contributed by atoms with Crippen molar-refractivity contribution in [3.63, 3.8) is 0 Å². The van der Waals surface area contributed by atoms with Crippen LogP contribution in [-0.2, 0) is 11.2 Å². The smallest absolute Gasteiger partial charge is 0.341 e. The molecule has 3 heteroatoms. The second kappa shape index (κ2) is 4.65. The van der Waals surface area contributed by atoms with E-state index in [1.54, 1.807) is 13.2 Å². The van der Waals surface area contributed by atoms with Gasteiger partial charge in [-0.05, 0) is 24.1 Å². The molecule has 0 aliphatic rings. The number of hydrogen-bond acceptors (Lipinski definition) is 3. The van der Waals surface area contributed by atoms with Crippen molar-refractivity contribution in [2.45, 2.75) is 13.3 Å². The summed E-state index contributed by atoms with van der Waals surface area (Å²) in [4.78, 5) is 11.3. The molecule has 0 saturated heterocycles. The zero-order valence-corrected chi connectivity index (χ0v) is 8.66. The molecule has 14 heavy (non-hydrogen) atoms. The van der Waals surface area contributed by atoms with Gasteiger partial charge in [0, 0.05) is 0 Å². The first-order chi connectivity index (χ1) is 6.72. The number of carbonyl (C=O) groups is 1. The first-order valence-electron chi connectivity index (χ1n) is 4.48. The zero-order valence-electron chi connectivity index (χ0n) is 8.66. The van der Waals surface area contributed by atoms with E-state index >= 15 is 0 Å². The first-order valence-corrected chi connectivity index (χ1v) is 4.48. The Morgan fingerprint density at radius 3 is 2.57 bits per heavy atom. The lowest BCUT2D eigenvalue weighted by Crippen LogP contribution is -2.04. The Labute approximate surface area is 83.6 Å². The van der Waals surface area contributed by atoms with Crippen LogP contribution in [0.5, 0.6) is 5.75 Å². The third-order valence-corrected chi connectivity index (χ3v) is 2.08. The minimum atomic E-state index is -0.371. The van der Waals surface area contributed by atoms with E-state index in [2.05, 4.69) is 4.74 Å². The maximum Gasteiger partial charge on any atom is 0.341 e. The molecule has 0 radical (unpaired) electrons. The minimum Gasteiger partial charge on any atom is -0.496 e. The van der Waals surface area contributed by atoms with Gasteiger partial charge in [0.2, 0.25) is 0 Å². The van der Waals surface area contributed by atoms with Gasteiger partial charge in [0.25, 0.3) is 0 Å². The third kappa shape index (κ3) is 2.05. The van der Waals surface area contributed by atoms with Crippen molar-refractivity contribution in [1.29, 1.82) is 0 Å². The van der Waals surface area contributed by atoms with Gasteiger partial charge in [0.1, 0.15) is 11.3 Å². The number of aryl methyl sites for hydroxylation is 1. The number of ether oxygens (including phenoxy) is 2. The average molecular weight is 194 g/mol.